The van der Waals surface area contributed by atoms with Crippen molar-refractivity contribution in [3.8, 4) is 11.5 Å². The van der Waals surface area contributed by atoms with Gasteiger partial charge in [0.05, 0.1) is 17.3 Å². The highest BCUT2D eigenvalue weighted by Gasteiger charge is 2.13. The third kappa shape index (κ3) is 6.09. The molecule has 0 saturated heterocycles. The SMILES string of the molecule is CCCCOc1c(I)cc(C=C(NC(C)=O)C(=O)O)cc1OC. The number of carbonyl (C=O) groups excluding carboxylic acids is 1. The highest BCUT2D eigenvalue weighted by Crippen LogP contribution is 2.34. The van der Waals surface area contributed by atoms with Gasteiger partial charge in [-0.2, -0.15) is 0 Å². The number of halogens is 1. The van der Waals surface area contributed by atoms with Crippen LogP contribution in [-0.4, -0.2) is 30.7 Å². The van der Waals surface area contributed by atoms with Crippen molar-refractivity contribution >= 4 is 40.5 Å². The number of carbonyl (C=O) groups is 2. The fraction of sp³-hybridized carbons (Fsp3) is 0.375. The lowest BCUT2D eigenvalue weighted by atomic mass is 10.1. The number of carboxylic acids is 1. The Morgan fingerprint density at radius 1 is 1.39 bits per heavy atom. The number of amides is 1. The van der Waals surface area contributed by atoms with Crippen molar-refractivity contribution in [1.29, 1.82) is 0 Å². The van der Waals surface area contributed by atoms with Crippen LogP contribution in [0.2, 0.25) is 0 Å². The van der Waals surface area contributed by atoms with E-state index in [2.05, 4.69) is 34.8 Å². The highest BCUT2D eigenvalue weighted by molar-refractivity contribution is 14.1. The maximum atomic E-state index is 11.2. The summed E-state index contributed by atoms with van der Waals surface area (Å²) in [5.41, 5.74) is 0.398. The molecule has 0 bridgehead atoms. The fourth-order valence-corrected chi connectivity index (χ4v) is 2.57. The second kappa shape index (κ2) is 9.39. The van der Waals surface area contributed by atoms with Crippen molar-refractivity contribution in [1.82, 2.24) is 5.32 Å². The third-order valence-electron chi connectivity index (χ3n) is 2.85. The summed E-state index contributed by atoms with van der Waals surface area (Å²) in [6.45, 7) is 3.92. The first kappa shape index (κ1) is 19.3. The Hall–Kier alpha value is -1.77. The van der Waals surface area contributed by atoms with Gasteiger partial charge >= 0.3 is 5.97 Å². The molecule has 7 heteroatoms. The normalized spacial score (nSPS) is 11.0. The molecular formula is C16H20INO5. The second-order valence-electron chi connectivity index (χ2n) is 4.78. The summed E-state index contributed by atoms with van der Waals surface area (Å²) in [5, 5.41) is 11.4. The Morgan fingerprint density at radius 3 is 2.61 bits per heavy atom. The zero-order chi connectivity index (χ0) is 17.4. The van der Waals surface area contributed by atoms with E-state index in [1.165, 1.54) is 20.1 Å². The van der Waals surface area contributed by atoms with Crippen molar-refractivity contribution in [2.75, 3.05) is 13.7 Å². The Labute approximate surface area is 149 Å². The zero-order valence-corrected chi connectivity index (χ0v) is 15.5. The number of hydrogen-bond donors (Lipinski definition) is 2. The van der Waals surface area contributed by atoms with E-state index in [1.54, 1.807) is 12.1 Å². The summed E-state index contributed by atoms with van der Waals surface area (Å²) in [5.74, 6) is -0.501. The van der Waals surface area contributed by atoms with Gasteiger partial charge < -0.3 is 19.9 Å². The number of aliphatic carboxylic acids is 1. The molecule has 0 fully saturated rings. The van der Waals surface area contributed by atoms with E-state index in [0.29, 0.717) is 23.7 Å². The minimum absolute atomic E-state index is 0.199. The average Bonchev–Trinajstić information content (AvgIpc) is 2.47. The summed E-state index contributed by atoms with van der Waals surface area (Å²) >= 11 is 2.11. The van der Waals surface area contributed by atoms with Crippen LogP contribution in [0.5, 0.6) is 11.5 Å². The molecule has 0 aliphatic carbocycles. The van der Waals surface area contributed by atoms with E-state index < -0.39 is 11.9 Å². The van der Waals surface area contributed by atoms with E-state index in [4.69, 9.17) is 14.6 Å². The maximum Gasteiger partial charge on any atom is 0.352 e. The van der Waals surface area contributed by atoms with Crippen LogP contribution >= 0.6 is 22.6 Å². The molecule has 0 atom stereocenters. The number of benzene rings is 1. The quantitative estimate of drug-likeness (QED) is 0.374. The van der Waals surface area contributed by atoms with Crippen LogP contribution in [0.25, 0.3) is 6.08 Å². The first-order valence-electron chi connectivity index (χ1n) is 7.12. The van der Waals surface area contributed by atoms with Gasteiger partial charge in [-0.05, 0) is 52.8 Å². The molecule has 0 aromatic heterocycles. The monoisotopic (exact) mass is 433 g/mol. The largest absolute Gasteiger partial charge is 0.493 e. The molecule has 0 unspecified atom stereocenters. The molecule has 2 N–H and O–H groups in total. The van der Waals surface area contributed by atoms with Gasteiger partial charge in [0.25, 0.3) is 0 Å². The number of ether oxygens (including phenoxy) is 2. The molecule has 0 saturated carbocycles. The van der Waals surface area contributed by atoms with Crippen LogP contribution in [0.1, 0.15) is 32.3 Å². The standard InChI is InChI=1S/C16H20INO5/c1-4-5-6-23-15-12(17)7-11(9-14(15)22-3)8-13(16(20)21)18-10(2)19/h7-9H,4-6H2,1-3H3,(H,18,19)(H,20,21). The summed E-state index contributed by atoms with van der Waals surface area (Å²) in [6.07, 6.45) is 3.34. The number of methoxy groups -OCH3 is 1. The average molecular weight is 433 g/mol. The van der Waals surface area contributed by atoms with Gasteiger partial charge in [0.15, 0.2) is 11.5 Å². The van der Waals surface area contributed by atoms with Crippen molar-refractivity contribution in [3.63, 3.8) is 0 Å². The van der Waals surface area contributed by atoms with Gasteiger partial charge in [0.2, 0.25) is 5.91 Å². The molecule has 126 valence electrons. The molecule has 0 radical (unpaired) electrons. The molecule has 1 aromatic carbocycles. The molecule has 1 aromatic rings. The van der Waals surface area contributed by atoms with Crippen LogP contribution in [0.15, 0.2) is 17.8 Å². The van der Waals surface area contributed by atoms with Gasteiger partial charge in [-0.3, -0.25) is 4.79 Å². The number of carboxylic acid groups (broad SMARTS) is 1. The second-order valence-corrected chi connectivity index (χ2v) is 5.94. The van der Waals surface area contributed by atoms with E-state index in [1.807, 2.05) is 0 Å². The summed E-state index contributed by atoms with van der Waals surface area (Å²) in [6, 6.07) is 3.45. The number of unbranched alkanes of at least 4 members (excludes halogenated alkanes) is 1. The predicted molar refractivity (Wildman–Crippen MR) is 95.5 cm³/mol. The van der Waals surface area contributed by atoms with E-state index in [-0.39, 0.29) is 5.70 Å². The van der Waals surface area contributed by atoms with E-state index in [0.717, 1.165) is 16.4 Å². The van der Waals surface area contributed by atoms with Gasteiger partial charge in [0, 0.05) is 6.92 Å². The Morgan fingerprint density at radius 2 is 2.09 bits per heavy atom. The van der Waals surface area contributed by atoms with Gasteiger partial charge in [-0.1, -0.05) is 13.3 Å². The lowest BCUT2D eigenvalue weighted by Gasteiger charge is -2.13. The van der Waals surface area contributed by atoms with Crippen molar-refractivity contribution in [2.24, 2.45) is 0 Å². The van der Waals surface area contributed by atoms with Crippen molar-refractivity contribution in [2.45, 2.75) is 26.7 Å². The first-order chi connectivity index (χ1) is 10.9. The number of rotatable bonds is 8. The van der Waals surface area contributed by atoms with Crippen LogP contribution in [0.4, 0.5) is 0 Å². The third-order valence-corrected chi connectivity index (χ3v) is 3.65. The lowest BCUT2D eigenvalue weighted by Crippen LogP contribution is -2.24. The number of hydrogen-bond acceptors (Lipinski definition) is 4. The summed E-state index contributed by atoms with van der Waals surface area (Å²) < 4.78 is 11.9. The van der Waals surface area contributed by atoms with Gasteiger partial charge in [-0.15, -0.1) is 0 Å². The molecule has 1 rings (SSSR count). The smallest absolute Gasteiger partial charge is 0.352 e. The molecule has 0 spiro atoms. The fourth-order valence-electron chi connectivity index (χ4n) is 1.79. The van der Waals surface area contributed by atoms with Crippen molar-refractivity contribution in [3.05, 3.63) is 27.0 Å². The first-order valence-corrected chi connectivity index (χ1v) is 8.19. The van der Waals surface area contributed by atoms with Crippen molar-refractivity contribution < 1.29 is 24.2 Å². The van der Waals surface area contributed by atoms with E-state index >= 15 is 0 Å². The summed E-state index contributed by atoms with van der Waals surface area (Å²) in [7, 11) is 1.53. The predicted octanol–water partition coefficient (Wildman–Crippen LogP) is 3.04. The molecular weight excluding hydrogens is 413 g/mol. The zero-order valence-electron chi connectivity index (χ0n) is 13.3. The Bertz CT molecular complexity index is 613. The summed E-state index contributed by atoms with van der Waals surface area (Å²) in [4.78, 5) is 22.3. The Balaban J connectivity index is 3.16. The van der Waals surface area contributed by atoms with Crippen LogP contribution in [0.3, 0.4) is 0 Å². The van der Waals surface area contributed by atoms with Gasteiger partial charge in [-0.25, -0.2) is 4.79 Å². The minimum Gasteiger partial charge on any atom is -0.493 e. The molecule has 0 aliphatic heterocycles. The number of nitrogens with one attached hydrogen (secondary N) is 1. The highest BCUT2D eigenvalue weighted by atomic mass is 127. The topological polar surface area (TPSA) is 84.9 Å². The van der Waals surface area contributed by atoms with Crippen LogP contribution in [0, 0.1) is 3.57 Å². The molecule has 0 heterocycles. The molecule has 1 amide bonds. The minimum atomic E-state index is -1.21. The molecule has 6 nitrogen and oxygen atoms in total. The van der Waals surface area contributed by atoms with E-state index in [9.17, 15) is 9.59 Å². The Kier molecular flexibility index (Phi) is 7.87. The lowest BCUT2D eigenvalue weighted by molar-refractivity contribution is -0.134. The van der Waals surface area contributed by atoms with Crippen LogP contribution < -0.4 is 14.8 Å². The molecule has 0 aliphatic rings. The van der Waals surface area contributed by atoms with Crippen LogP contribution in [-0.2, 0) is 9.59 Å². The van der Waals surface area contributed by atoms with Gasteiger partial charge in [0.1, 0.15) is 5.70 Å². The molecule has 23 heavy (non-hydrogen) atoms. The maximum absolute atomic E-state index is 11.2.